The van der Waals surface area contributed by atoms with Crippen molar-refractivity contribution >= 4 is 56.1 Å². The van der Waals surface area contributed by atoms with Gasteiger partial charge in [0.2, 0.25) is 5.78 Å². The number of aldehydes is 1. The Labute approximate surface area is 152 Å². The molecule has 6 heteroatoms. The molecule has 0 amide bonds. The lowest BCUT2D eigenvalue weighted by atomic mass is 10.0. The lowest BCUT2D eigenvalue weighted by molar-refractivity contribution is -0.104. The molecule has 0 aliphatic carbocycles. The van der Waals surface area contributed by atoms with Gasteiger partial charge in [-0.05, 0) is 43.3 Å². The van der Waals surface area contributed by atoms with Crippen LogP contribution in [0.2, 0.25) is 0 Å². The third-order valence-electron chi connectivity index (χ3n) is 3.72. The van der Waals surface area contributed by atoms with Crippen LogP contribution in [0.1, 0.15) is 27.6 Å². The number of ketones is 2. The fraction of sp³-hybridized carbons (Fsp3) is 0.0526. The van der Waals surface area contributed by atoms with Crippen LogP contribution >= 0.6 is 15.9 Å². The molecule has 25 heavy (non-hydrogen) atoms. The van der Waals surface area contributed by atoms with Crippen molar-refractivity contribution in [2.24, 2.45) is 0 Å². The zero-order chi connectivity index (χ0) is 18.0. The smallest absolute Gasteiger partial charge is 0.227 e. The SMILES string of the molecule is CC(=O)c1cc(Br)ccc1Nc1cc(C(=O)C=O)c2ncccc2c1. The minimum atomic E-state index is -0.644. The van der Waals surface area contributed by atoms with Crippen LogP contribution in [0.5, 0.6) is 0 Å². The maximum absolute atomic E-state index is 12.0. The summed E-state index contributed by atoms with van der Waals surface area (Å²) in [6.07, 6.45) is 1.84. The third kappa shape index (κ3) is 3.49. The van der Waals surface area contributed by atoms with E-state index >= 15 is 0 Å². The number of hydrogen-bond acceptors (Lipinski definition) is 5. The van der Waals surface area contributed by atoms with Gasteiger partial charge in [-0.2, -0.15) is 0 Å². The molecular weight excluding hydrogens is 384 g/mol. The van der Waals surface area contributed by atoms with Crippen molar-refractivity contribution in [1.29, 1.82) is 0 Å². The van der Waals surface area contributed by atoms with E-state index in [0.29, 0.717) is 22.5 Å². The Morgan fingerprint density at radius 1 is 1.12 bits per heavy atom. The monoisotopic (exact) mass is 396 g/mol. The number of carbonyl (C=O) groups is 3. The molecule has 1 heterocycles. The van der Waals surface area contributed by atoms with Gasteiger partial charge in [0.05, 0.1) is 11.1 Å². The number of nitrogens with zero attached hydrogens (tertiary/aromatic N) is 1. The molecule has 1 N–H and O–H groups in total. The van der Waals surface area contributed by atoms with Gasteiger partial charge in [-0.25, -0.2) is 0 Å². The van der Waals surface area contributed by atoms with Gasteiger partial charge in [0.25, 0.3) is 0 Å². The molecule has 0 saturated carbocycles. The number of hydrogen-bond donors (Lipinski definition) is 1. The number of halogens is 1. The first-order valence-electron chi connectivity index (χ1n) is 7.45. The number of fused-ring (bicyclic) bond motifs is 1. The van der Waals surface area contributed by atoms with E-state index in [9.17, 15) is 14.4 Å². The second-order valence-electron chi connectivity index (χ2n) is 5.45. The maximum atomic E-state index is 12.0. The lowest BCUT2D eigenvalue weighted by Gasteiger charge is -2.13. The summed E-state index contributed by atoms with van der Waals surface area (Å²) >= 11 is 3.35. The molecule has 3 rings (SSSR count). The topological polar surface area (TPSA) is 76.1 Å². The fourth-order valence-corrected chi connectivity index (χ4v) is 2.95. The molecule has 0 atom stereocenters. The molecule has 1 aromatic heterocycles. The van der Waals surface area contributed by atoms with E-state index in [2.05, 4.69) is 26.2 Å². The summed E-state index contributed by atoms with van der Waals surface area (Å²) in [4.78, 5) is 39.0. The first-order valence-corrected chi connectivity index (χ1v) is 8.24. The van der Waals surface area contributed by atoms with Crippen LogP contribution in [0.4, 0.5) is 11.4 Å². The molecule has 0 bridgehead atoms. The highest BCUT2D eigenvalue weighted by Crippen LogP contribution is 2.28. The van der Waals surface area contributed by atoms with Crippen LogP contribution in [0, 0.1) is 0 Å². The number of pyridine rings is 1. The van der Waals surface area contributed by atoms with Crippen molar-refractivity contribution in [1.82, 2.24) is 4.98 Å². The third-order valence-corrected chi connectivity index (χ3v) is 4.21. The van der Waals surface area contributed by atoms with Gasteiger partial charge in [-0.15, -0.1) is 0 Å². The molecular formula is C19H13BrN2O3. The van der Waals surface area contributed by atoms with Crippen LogP contribution < -0.4 is 5.32 Å². The zero-order valence-electron chi connectivity index (χ0n) is 13.2. The second-order valence-corrected chi connectivity index (χ2v) is 6.37. The lowest BCUT2D eigenvalue weighted by Crippen LogP contribution is -2.05. The predicted molar refractivity (Wildman–Crippen MR) is 99.6 cm³/mol. The molecule has 0 aliphatic heterocycles. The number of carbonyl (C=O) groups excluding carboxylic acids is 3. The molecule has 0 radical (unpaired) electrons. The van der Waals surface area contributed by atoms with Crippen LogP contribution in [0.25, 0.3) is 10.9 Å². The predicted octanol–water partition coefficient (Wildman–Crippen LogP) is 4.33. The van der Waals surface area contributed by atoms with Gasteiger partial charge in [0, 0.05) is 33.0 Å². The van der Waals surface area contributed by atoms with Crippen molar-refractivity contribution in [2.45, 2.75) is 6.92 Å². The Morgan fingerprint density at radius 3 is 2.64 bits per heavy atom. The van der Waals surface area contributed by atoms with Crippen molar-refractivity contribution in [3.8, 4) is 0 Å². The van der Waals surface area contributed by atoms with Crippen LogP contribution in [-0.4, -0.2) is 22.8 Å². The maximum Gasteiger partial charge on any atom is 0.227 e. The van der Waals surface area contributed by atoms with Gasteiger partial charge >= 0.3 is 0 Å². The van der Waals surface area contributed by atoms with E-state index in [1.54, 1.807) is 30.5 Å². The number of nitrogens with one attached hydrogen (secondary N) is 1. The molecule has 0 fully saturated rings. The summed E-state index contributed by atoms with van der Waals surface area (Å²) in [6, 6.07) is 12.3. The first kappa shape index (κ1) is 17.0. The quantitative estimate of drug-likeness (QED) is 0.394. The van der Waals surface area contributed by atoms with Gasteiger partial charge in [0.15, 0.2) is 12.1 Å². The van der Waals surface area contributed by atoms with Gasteiger partial charge < -0.3 is 5.32 Å². The molecule has 0 unspecified atom stereocenters. The molecule has 0 spiro atoms. The summed E-state index contributed by atoms with van der Waals surface area (Å²) in [5, 5.41) is 3.88. The van der Waals surface area contributed by atoms with E-state index in [1.165, 1.54) is 6.92 Å². The number of aromatic nitrogens is 1. The molecule has 3 aromatic rings. The van der Waals surface area contributed by atoms with Crippen molar-refractivity contribution in [3.63, 3.8) is 0 Å². The van der Waals surface area contributed by atoms with E-state index < -0.39 is 5.78 Å². The van der Waals surface area contributed by atoms with Crippen molar-refractivity contribution in [3.05, 3.63) is 64.3 Å². The highest BCUT2D eigenvalue weighted by Gasteiger charge is 2.14. The van der Waals surface area contributed by atoms with E-state index in [4.69, 9.17) is 0 Å². The normalized spacial score (nSPS) is 10.5. The van der Waals surface area contributed by atoms with Gasteiger partial charge in [-0.3, -0.25) is 19.4 Å². The average Bonchev–Trinajstić information content (AvgIpc) is 2.61. The van der Waals surface area contributed by atoms with E-state index in [-0.39, 0.29) is 17.6 Å². The van der Waals surface area contributed by atoms with E-state index in [0.717, 1.165) is 9.86 Å². The van der Waals surface area contributed by atoms with Crippen LogP contribution in [0.3, 0.4) is 0 Å². The van der Waals surface area contributed by atoms with Crippen LogP contribution in [0.15, 0.2) is 53.1 Å². The first-order chi connectivity index (χ1) is 12.0. The largest absolute Gasteiger partial charge is 0.355 e. The number of benzene rings is 2. The summed E-state index contributed by atoms with van der Waals surface area (Å²) < 4.78 is 0.794. The number of anilines is 2. The summed E-state index contributed by atoms with van der Waals surface area (Å²) in [7, 11) is 0. The Hall–Kier alpha value is -2.86. The average molecular weight is 397 g/mol. The summed E-state index contributed by atoms with van der Waals surface area (Å²) in [5.41, 5.74) is 2.41. The standard InChI is InChI=1S/C19H13BrN2O3/c1-11(24)15-8-13(20)4-5-17(15)22-14-7-12-3-2-6-21-19(12)16(9-14)18(25)10-23/h2-10,22H,1H3. The molecule has 124 valence electrons. The highest BCUT2D eigenvalue weighted by atomic mass is 79.9. The summed E-state index contributed by atoms with van der Waals surface area (Å²) in [6.45, 7) is 1.48. The van der Waals surface area contributed by atoms with Crippen LogP contribution in [-0.2, 0) is 4.79 Å². The van der Waals surface area contributed by atoms with Crippen molar-refractivity contribution < 1.29 is 14.4 Å². The Kier molecular flexibility index (Phi) is 4.72. The Bertz CT molecular complexity index is 1010. The molecule has 0 saturated heterocycles. The second kappa shape index (κ2) is 6.94. The minimum absolute atomic E-state index is 0.0875. The number of Topliss-reactive ketones (excluding diaryl/α,β-unsaturated/α-hetero) is 2. The highest BCUT2D eigenvalue weighted by molar-refractivity contribution is 9.10. The van der Waals surface area contributed by atoms with E-state index in [1.807, 2.05) is 18.2 Å². The van der Waals surface area contributed by atoms with Gasteiger partial charge in [0.1, 0.15) is 0 Å². The molecule has 2 aromatic carbocycles. The summed E-state index contributed by atoms with van der Waals surface area (Å²) in [5.74, 6) is -0.731. The van der Waals surface area contributed by atoms with Gasteiger partial charge in [-0.1, -0.05) is 22.0 Å². The molecule has 5 nitrogen and oxygen atoms in total. The number of rotatable bonds is 5. The van der Waals surface area contributed by atoms with Crippen molar-refractivity contribution in [2.75, 3.05) is 5.32 Å². The Morgan fingerprint density at radius 2 is 1.92 bits per heavy atom. The molecule has 0 aliphatic rings. The minimum Gasteiger partial charge on any atom is -0.355 e. The fourth-order valence-electron chi connectivity index (χ4n) is 2.59. The Balaban J connectivity index is 2.13. The zero-order valence-corrected chi connectivity index (χ0v) is 14.8.